The standard InChI is InChI=1S/C12H16BrNO3/c1-16-6-5-11(14)12(15)17-8-9-3-2-4-10(13)7-9/h2-4,7,11H,5-6,8,14H2,1H3. The van der Waals surface area contributed by atoms with Crippen LogP contribution in [-0.4, -0.2) is 25.7 Å². The Labute approximate surface area is 109 Å². The second-order valence-electron chi connectivity index (χ2n) is 3.63. The molecule has 1 aromatic carbocycles. The van der Waals surface area contributed by atoms with Gasteiger partial charge in [-0.1, -0.05) is 28.1 Å². The molecule has 0 fully saturated rings. The number of hydrogen-bond donors (Lipinski definition) is 1. The Morgan fingerprint density at radius 3 is 2.94 bits per heavy atom. The van der Waals surface area contributed by atoms with Gasteiger partial charge in [0.25, 0.3) is 0 Å². The monoisotopic (exact) mass is 301 g/mol. The first-order valence-electron chi connectivity index (χ1n) is 5.29. The molecule has 0 aliphatic carbocycles. The molecule has 1 aromatic rings. The Bertz CT molecular complexity index is 371. The van der Waals surface area contributed by atoms with E-state index in [1.165, 1.54) is 0 Å². The van der Waals surface area contributed by atoms with Crippen LogP contribution in [0.4, 0.5) is 0 Å². The normalized spacial score (nSPS) is 12.2. The highest BCUT2D eigenvalue weighted by molar-refractivity contribution is 9.10. The summed E-state index contributed by atoms with van der Waals surface area (Å²) in [7, 11) is 1.57. The lowest BCUT2D eigenvalue weighted by Crippen LogP contribution is -2.33. The fraction of sp³-hybridized carbons (Fsp3) is 0.417. The Kier molecular flexibility index (Phi) is 6.18. The maximum atomic E-state index is 11.5. The van der Waals surface area contributed by atoms with Gasteiger partial charge >= 0.3 is 5.97 Å². The predicted molar refractivity (Wildman–Crippen MR) is 68.4 cm³/mol. The minimum absolute atomic E-state index is 0.235. The molecule has 0 aromatic heterocycles. The third-order valence-corrected chi connectivity index (χ3v) is 2.70. The molecule has 17 heavy (non-hydrogen) atoms. The Hall–Kier alpha value is -0.910. The van der Waals surface area contributed by atoms with Crippen LogP contribution >= 0.6 is 15.9 Å². The third-order valence-electron chi connectivity index (χ3n) is 2.21. The number of methoxy groups -OCH3 is 1. The molecule has 94 valence electrons. The van der Waals surface area contributed by atoms with E-state index in [2.05, 4.69) is 15.9 Å². The number of carbonyl (C=O) groups excluding carboxylic acids is 1. The molecule has 4 nitrogen and oxygen atoms in total. The molecule has 2 N–H and O–H groups in total. The molecular formula is C12H16BrNO3. The highest BCUT2D eigenvalue weighted by atomic mass is 79.9. The van der Waals surface area contributed by atoms with E-state index in [9.17, 15) is 4.79 Å². The van der Waals surface area contributed by atoms with E-state index in [-0.39, 0.29) is 6.61 Å². The van der Waals surface area contributed by atoms with Gasteiger partial charge in [0, 0.05) is 18.2 Å². The van der Waals surface area contributed by atoms with Gasteiger partial charge in [-0.05, 0) is 24.1 Å². The molecular weight excluding hydrogens is 286 g/mol. The molecule has 0 saturated carbocycles. The molecule has 0 radical (unpaired) electrons. The smallest absolute Gasteiger partial charge is 0.323 e. The van der Waals surface area contributed by atoms with Gasteiger partial charge in [-0.3, -0.25) is 4.79 Å². The highest BCUT2D eigenvalue weighted by Gasteiger charge is 2.14. The van der Waals surface area contributed by atoms with Gasteiger partial charge in [0.2, 0.25) is 0 Å². The summed E-state index contributed by atoms with van der Waals surface area (Å²) in [6, 6.07) is 6.96. The van der Waals surface area contributed by atoms with E-state index in [0.717, 1.165) is 10.0 Å². The highest BCUT2D eigenvalue weighted by Crippen LogP contribution is 2.12. The van der Waals surface area contributed by atoms with Crippen molar-refractivity contribution in [3.8, 4) is 0 Å². The lowest BCUT2D eigenvalue weighted by atomic mass is 10.2. The fourth-order valence-corrected chi connectivity index (χ4v) is 1.70. The molecule has 0 bridgehead atoms. The van der Waals surface area contributed by atoms with Crippen LogP contribution in [-0.2, 0) is 20.9 Å². The number of hydrogen-bond acceptors (Lipinski definition) is 4. The van der Waals surface area contributed by atoms with Crippen LogP contribution in [0, 0.1) is 0 Å². The van der Waals surface area contributed by atoms with Gasteiger partial charge in [-0.15, -0.1) is 0 Å². The number of rotatable bonds is 6. The van der Waals surface area contributed by atoms with Crippen molar-refractivity contribution in [2.75, 3.05) is 13.7 Å². The molecule has 1 atom stereocenters. The van der Waals surface area contributed by atoms with Gasteiger partial charge < -0.3 is 15.2 Å². The van der Waals surface area contributed by atoms with Crippen molar-refractivity contribution in [2.45, 2.75) is 19.1 Å². The average Bonchev–Trinajstić information content (AvgIpc) is 2.33. The van der Waals surface area contributed by atoms with Crippen LogP contribution in [0.15, 0.2) is 28.7 Å². The summed E-state index contributed by atoms with van der Waals surface area (Å²) in [5.74, 6) is -0.401. The SMILES string of the molecule is COCCC(N)C(=O)OCc1cccc(Br)c1. The number of esters is 1. The Balaban J connectivity index is 2.37. The first-order valence-corrected chi connectivity index (χ1v) is 6.08. The zero-order valence-electron chi connectivity index (χ0n) is 9.69. The van der Waals surface area contributed by atoms with Crippen LogP contribution in [0.3, 0.4) is 0 Å². The topological polar surface area (TPSA) is 61.5 Å². The van der Waals surface area contributed by atoms with Gasteiger partial charge in [-0.25, -0.2) is 0 Å². The Morgan fingerprint density at radius 2 is 2.29 bits per heavy atom. The lowest BCUT2D eigenvalue weighted by molar-refractivity contribution is -0.147. The molecule has 5 heteroatoms. The first kappa shape index (κ1) is 14.2. The Morgan fingerprint density at radius 1 is 1.53 bits per heavy atom. The van der Waals surface area contributed by atoms with Gasteiger partial charge in [0.05, 0.1) is 0 Å². The summed E-state index contributed by atoms with van der Waals surface area (Å²) in [6.45, 7) is 0.687. The minimum atomic E-state index is -0.623. The van der Waals surface area contributed by atoms with Crippen molar-refractivity contribution in [1.29, 1.82) is 0 Å². The summed E-state index contributed by atoms with van der Waals surface area (Å²) in [6.07, 6.45) is 0.466. The maximum Gasteiger partial charge on any atom is 0.323 e. The van der Waals surface area contributed by atoms with Crippen LogP contribution in [0.2, 0.25) is 0 Å². The van der Waals surface area contributed by atoms with Crippen LogP contribution < -0.4 is 5.73 Å². The summed E-state index contributed by atoms with van der Waals surface area (Å²) in [5.41, 5.74) is 6.56. The van der Waals surface area contributed by atoms with E-state index in [1.807, 2.05) is 24.3 Å². The first-order chi connectivity index (χ1) is 8.13. The second-order valence-corrected chi connectivity index (χ2v) is 4.54. The van der Waals surface area contributed by atoms with Crippen molar-refractivity contribution in [2.24, 2.45) is 5.73 Å². The van der Waals surface area contributed by atoms with Gasteiger partial charge in [0.15, 0.2) is 0 Å². The summed E-state index contributed by atoms with van der Waals surface area (Å²) in [4.78, 5) is 11.5. The molecule has 1 rings (SSSR count). The van der Waals surface area contributed by atoms with E-state index in [1.54, 1.807) is 7.11 Å². The van der Waals surface area contributed by atoms with Crippen molar-refractivity contribution < 1.29 is 14.3 Å². The van der Waals surface area contributed by atoms with Crippen LogP contribution in [0.5, 0.6) is 0 Å². The quantitative estimate of drug-likeness (QED) is 0.815. The van der Waals surface area contributed by atoms with Gasteiger partial charge in [0.1, 0.15) is 12.6 Å². The number of ether oxygens (including phenoxy) is 2. The zero-order valence-corrected chi connectivity index (χ0v) is 11.3. The molecule has 0 aliphatic heterocycles. The van der Waals surface area contributed by atoms with E-state index in [4.69, 9.17) is 15.2 Å². The van der Waals surface area contributed by atoms with Crippen molar-refractivity contribution in [3.05, 3.63) is 34.3 Å². The fourth-order valence-electron chi connectivity index (χ4n) is 1.25. The van der Waals surface area contributed by atoms with Crippen molar-refractivity contribution >= 4 is 21.9 Å². The molecule has 1 unspecified atom stereocenters. The molecule has 0 heterocycles. The summed E-state index contributed by atoms with van der Waals surface area (Å²) >= 11 is 3.35. The van der Waals surface area contributed by atoms with Crippen LogP contribution in [0.1, 0.15) is 12.0 Å². The van der Waals surface area contributed by atoms with E-state index in [0.29, 0.717) is 13.0 Å². The molecule has 0 saturated heterocycles. The molecule has 0 aliphatic rings. The van der Waals surface area contributed by atoms with Crippen molar-refractivity contribution in [1.82, 2.24) is 0 Å². The predicted octanol–water partition coefficient (Wildman–Crippen LogP) is 1.86. The van der Waals surface area contributed by atoms with E-state index < -0.39 is 12.0 Å². The zero-order chi connectivity index (χ0) is 12.7. The van der Waals surface area contributed by atoms with Gasteiger partial charge in [-0.2, -0.15) is 0 Å². The largest absolute Gasteiger partial charge is 0.460 e. The number of carbonyl (C=O) groups is 1. The average molecular weight is 302 g/mol. The third kappa shape index (κ3) is 5.30. The number of nitrogens with two attached hydrogens (primary N) is 1. The van der Waals surface area contributed by atoms with Crippen molar-refractivity contribution in [3.63, 3.8) is 0 Å². The second kappa shape index (κ2) is 7.42. The maximum absolute atomic E-state index is 11.5. The lowest BCUT2D eigenvalue weighted by Gasteiger charge is -2.11. The molecule has 0 spiro atoms. The summed E-state index contributed by atoms with van der Waals surface area (Å²) in [5, 5.41) is 0. The van der Waals surface area contributed by atoms with Crippen LogP contribution in [0.25, 0.3) is 0 Å². The number of halogens is 1. The molecule has 0 amide bonds. The summed E-state index contributed by atoms with van der Waals surface area (Å²) < 4.78 is 10.9. The number of benzene rings is 1. The minimum Gasteiger partial charge on any atom is -0.460 e. The van der Waals surface area contributed by atoms with E-state index >= 15 is 0 Å².